The smallest absolute Gasteiger partial charge is 0.339 e. The zero-order valence-corrected chi connectivity index (χ0v) is 19.7. The quantitative estimate of drug-likeness (QED) is 0.357. The summed E-state index contributed by atoms with van der Waals surface area (Å²) in [5.74, 6) is -1.20. The summed E-state index contributed by atoms with van der Waals surface area (Å²) in [5, 5.41) is 19.3. The summed E-state index contributed by atoms with van der Waals surface area (Å²) in [7, 11) is 0. The minimum absolute atomic E-state index is 0.109. The highest BCUT2D eigenvalue weighted by molar-refractivity contribution is 6.33. The van der Waals surface area contributed by atoms with E-state index in [4.69, 9.17) is 20.8 Å². The number of nitrogens with zero attached hydrogens (tertiary/aromatic N) is 2. The van der Waals surface area contributed by atoms with Crippen LogP contribution in [0, 0.1) is 11.3 Å². The van der Waals surface area contributed by atoms with Crippen molar-refractivity contribution in [2.75, 3.05) is 13.2 Å². The van der Waals surface area contributed by atoms with Crippen LogP contribution in [0.15, 0.2) is 51.5 Å². The van der Waals surface area contributed by atoms with Crippen molar-refractivity contribution in [1.82, 2.24) is 4.90 Å². The number of rotatable bonds is 7. The summed E-state index contributed by atoms with van der Waals surface area (Å²) in [4.78, 5) is 38.6. The minimum atomic E-state index is -0.953. The molecular formula is C25H23ClN2O6. The number of carbonyl (C=O) groups is 3. The summed E-state index contributed by atoms with van der Waals surface area (Å²) >= 11 is 6.15. The number of imide groups is 1. The maximum atomic E-state index is 12.9. The van der Waals surface area contributed by atoms with Gasteiger partial charge in [-0.1, -0.05) is 18.5 Å². The fraction of sp³-hybridized carbons (Fsp3) is 0.280. The number of carbonyl (C=O) groups excluding carboxylic acids is 3. The predicted molar refractivity (Wildman–Crippen MR) is 124 cm³/mol. The van der Waals surface area contributed by atoms with Crippen molar-refractivity contribution in [1.29, 1.82) is 5.26 Å². The van der Waals surface area contributed by atoms with Gasteiger partial charge in [-0.3, -0.25) is 14.5 Å². The van der Waals surface area contributed by atoms with Crippen molar-refractivity contribution >= 4 is 35.5 Å². The summed E-state index contributed by atoms with van der Waals surface area (Å²) in [6.45, 7) is 4.88. The van der Waals surface area contributed by atoms with Gasteiger partial charge in [0.15, 0.2) is 0 Å². The molecule has 1 aliphatic rings. The minimum Gasteiger partial charge on any atom is -0.462 e. The Morgan fingerprint density at radius 2 is 2.03 bits per heavy atom. The number of β-amino-alcohol motifs (C(OH)–C–C–N with tert-alkyl or cyclic N) is 1. The van der Waals surface area contributed by atoms with E-state index in [0.717, 1.165) is 4.90 Å². The molecule has 1 aromatic carbocycles. The number of nitriles is 1. The standard InChI is InChI=1S/C25H23ClN2O6/c1-4-9-33-25(32)19-10-16(5-7-21(19)26)22-8-6-17(34-22)11-18-15(3)20(12-27)24(31)28(23(18)30)13-14(2)29/h5-8,10-11,14,29H,4,9,13H2,1-3H3/b18-11+/t14-/m0/s1. The number of benzene rings is 1. The first-order valence-corrected chi connectivity index (χ1v) is 11.0. The van der Waals surface area contributed by atoms with Crippen molar-refractivity contribution in [3.63, 3.8) is 0 Å². The molecule has 2 heterocycles. The molecule has 176 valence electrons. The number of furan rings is 1. The Balaban J connectivity index is 1.97. The zero-order chi connectivity index (χ0) is 25.0. The molecule has 9 heteroatoms. The van der Waals surface area contributed by atoms with E-state index >= 15 is 0 Å². The highest BCUT2D eigenvalue weighted by Gasteiger charge is 2.36. The van der Waals surface area contributed by atoms with Crippen LogP contribution in [0.4, 0.5) is 0 Å². The van der Waals surface area contributed by atoms with E-state index < -0.39 is 23.9 Å². The van der Waals surface area contributed by atoms with Crippen LogP contribution in [0.3, 0.4) is 0 Å². The highest BCUT2D eigenvalue weighted by Crippen LogP contribution is 2.31. The Kier molecular flexibility index (Phi) is 7.72. The maximum Gasteiger partial charge on any atom is 0.339 e. The lowest BCUT2D eigenvalue weighted by atomic mass is 9.94. The second kappa shape index (κ2) is 10.5. The van der Waals surface area contributed by atoms with Gasteiger partial charge in [0, 0.05) is 11.1 Å². The number of amides is 2. The fourth-order valence-corrected chi connectivity index (χ4v) is 3.59. The van der Waals surface area contributed by atoms with Gasteiger partial charge in [0.25, 0.3) is 11.8 Å². The van der Waals surface area contributed by atoms with Gasteiger partial charge in [-0.05, 0) is 62.2 Å². The van der Waals surface area contributed by atoms with E-state index in [1.165, 1.54) is 19.9 Å². The topological polar surface area (TPSA) is 121 Å². The maximum absolute atomic E-state index is 12.9. The van der Waals surface area contributed by atoms with Gasteiger partial charge in [-0.25, -0.2) is 4.79 Å². The number of hydrogen-bond acceptors (Lipinski definition) is 7. The third-order valence-corrected chi connectivity index (χ3v) is 5.42. The molecule has 0 radical (unpaired) electrons. The van der Waals surface area contributed by atoms with Gasteiger partial charge < -0.3 is 14.3 Å². The van der Waals surface area contributed by atoms with E-state index in [0.29, 0.717) is 23.5 Å². The summed E-state index contributed by atoms with van der Waals surface area (Å²) < 4.78 is 11.0. The second-order valence-corrected chi connectivity index (χ2v) is 8.18. The third kappa shape index (κ3) is 5.11. The van der Waals surface area contributed by atoms with E-state index in [9.17, 15) is 24.8 Å². The van der Waals surface area contributed by atoms with Crippen LogP contribution in [0.25, 0.3) is 17.4 Å². The van der Waals surface area contributed by atoms with Gasteiger partial charge >= 0.3 is 5.97 Å². The molecular weight excluding hydrogens is 460 g/mol. The molecule has 1 aliphatic heterocycles. The Labute approximate surface area is 201 Å². The van der Waals surface area contributed by atoms with Crippen molar-refractivity contribution in [3.8, 4) is 17.4 Å². The molecule has 1 aromatic heterocycles. The Morgan fingerprint density at radius 1 is 1.29 bits per heavy atom. The number of halogens is 1. The van der Waals surface area contributed by atoms with E-state index in [1.807, 2.05) is 13.0 Å². The SMILES string of the molecule is CCCOC(=O)c1cc(-c2ccc(/C=C3/C(=O)N(C[C@H](C)O)C(=O)C(C#N)=C3C)o2)ccc1Cl. The fourth-order valence-electron chi connectivity index (χ4n) is 3.40. The average Bonchev–Trinajstić information content (AvgIpc) is 3.27. The number of esters is 1. The zero-order valence-electron chi connectivity index (χ0n) is 18.9. The van der Waals surface area contributed by atoms with E-state index in [-0.39, 0.29) is 40.5 Å². The van der Waals surface area contributed by atoms with Crippen LogP contribution in [0.1, 0.15) is 43.3 Å². The van der Waals surface area contributed by atoms with Crippen LogP contribution in [-0.2, 0) is 14.3 Å². The normalized spacial score (nSPS) is 16.1. The number of ether oxygens (including phenoxy) is 1. The lowest BCUT2D eigenvalue weighted by Gasteiger charge is -2.28. The molecule has 0 saturated carbocycles. The van der Waals surface area contributed by atoms with Gasteiger partial charge in [0.2, 0.25) is 0 Å². The highest BCUT2D eigenvalue weighted by atomic mass is 35.5. The lowest BCUT2D eigenvalue weighted by Crippen LogP contribution is -2.45. The first-order chi connectivity index (χ1) is 16.2. The lowest BCUT2D eigenvalue weighted by molar-refractivity contribution is -0.141. The number of hydrogen-bond donors (Lipinski definition) is 1. The molecule has 0 unspecified atom stereocenters. The molecule has 2 aromatic rings. The molecule has 2 amide bonds. The van der Waals surface area contributed by atoms with Crippen LogP contribution in [0.5, 0.6) is 0 Å². The summed E-state index contributed by atoms with van der Waals surface area (Å²) in [5.41, 5.74) is 0.938. The van der Waals surface area contributed by atoms with Crippen molar-refractivity contribution in [2.45, 2.75) is 33.3 Å². The Morgan fingerprint density at radius 3 is 2.68 bits per heavy atom. The molecule has 8 nitrogen and oxygen atoms in total. The largest absolute Gasteiger partial charge is 0.462 e. The van der Waals surface area contributed by atoms with Crippen LogP contribution < -0.4 is 0 Å². The first kappa shape index (κ1) is 25.0. The van der Waals surface area contributed by atoms with E-state index in [2.05, 4.69) is 0 Å². The molecule has 0 bridgehead atoms. The Hall–Kier alpha value is -3.67. The van der Waals surface area contributed by atoms with Crippen molar-refractivity contribution in [3.05, 3.63) is 63.4 Å². The van der Waals surface area contributed by atoms with Gasteiger partial charge in [-0.2, -0.15) is 5.26 Å². The molecule has 1 atom stereocenters. The summed E-state index contributed by atoms with van der Waals surface area (Å²) in [6.07, 6.45) is 1.16. The third-order valence-electron chi connectivity index (χ3n) is 5.09. The number of aliphatic hydroxyl groups excluding tert-OH is 1. The monoisotopic (exact) mass is 482 g/mol. The summed E-state index contributed by atoms with van der Waals surface area (Å²) in [6, 6.07) is 9.92. The molecule has 1 N–H and O–H groups in total. The van der Waals surface area contributed by atoms with Crippen molar-refractivity contribution in [2.24, 2.45) is 0 Å². The molecule has 0 spiro atoms. The van der Waals surface area contributed by atoms with Crippen LogP contribution >= 0.6 is 11.6 Å². The second-order valence-electron chi connectivity index (χ2n) is 7.77. The van der Waals surface area contributed by atoms with Crippen LogP contribution in [0.2, 0.25) is 5.02 Å². The molecule has 0 aliphatic carbocycles. The molecule has 3 rings (SSSR count). The van der Waals surface area contributed by atoms with Gasteiger partial charge in [-0.15, -0.1) is 0 Å². The van der Waals surface area contributed by atoms with Crippen molar-refractivity contribution < 1.29 is 28.6 Å². The Bertz CT molecular complexity index is 1250. The molecule has 0 saturated heterocycles. The molecule has 0 fully saturated rings. The predicted octanol–water partition coefficient (Wildman–Crippen LogP) is 4.14. The number of aliphatic hydroxyl groups is 1. The van der Waals surface area contributed by atoms with Gasteiger partial charge in [0.05, 0.1) is 29.8 Å². The van der Waals surface area contributed by atoms with Gasteiger partial charge in [0.1, 0.15) is 23.2 Å². The first-order valence-electron chi connectivity index (χ1n) is 10.6. The van der Waals surface area contributed by atoms with Crippen LogP contribution in [-0.4, -0.2) is 47.0 Å². The average molecular weight is 483 g/mol. The molecule has 34 heavy (non-hydrogen) atoms. The van der Waals surface area contributed by atoms with E-state index in [1.54, 1.807) is 30.3 Å².